The van der Waals surface area contributed by atoms with Gasteiger partial charge in [0.05, 0.1) is 12.8 Å². The van der Waals surface area contributed by atoms with Crippen molar-refractivity contribution in [3.63, 3.8) is 0 Å². The van der Waals surface area contributed by atoms with E-state index >= 15 is 0 Å². The summed E-state index contributed by atoms with van der Waals surface area (Å²) in [6.45, 7) is -0.0742. The van der Waals surface area contributed by atoms with Crippen molar-refractivity contribution in [1.82, 2.24) is 5.32 Å². The quantitative estimate of drug-likeness (QED) is 0.507. The zero-order valence-electron chi connectivity index (χ0n) is 9.07. The SMILES string of the molecule is O=C(CNCP(=O)(O)O)OCc1ccccc1. The summed E-state index contributed by atoms with van der Waals surface area (Å²) in [5.41, 5.74) is 0.857. The highest BCUT2D eigenvalue weighted by molar-refractivity contribution is 7.51. The minimum atomic E-state index is -4.12. The van der Waals surface area contributed by atoms with Crippen LogP contribution in [0.15, 0.2) is 30.3 Å². The molecule has 0 radical (unpaired) electrons. The molecule has 94 valence electrons. The third-order valence-electron chi connectivity index (χ3n) is 1.83. The zero-order valence-corrected chi connectivity index (χ0v) is 9.97. The Morgan fingerprint density at radius 3 is 2.53 bits per heavy atom. The Labute approximate surface area is 98.8 Å². The molecule has 0 aliphatic carbocycles. The molecule has 0 amide bonds. The van der Waals surface area contributed by atoms with Gasteiger partial charge in [-0.2, -0.15) is 0 Å². The molecule has 0 aliphatic heterocycles. The van der Waals surface area contributed by atoms with Crippen LogP contribution < -0.4 is 5.32 Å². The van der Waals surface area contributed by atoms with Crippen molar-refractivity contribution in [2.45, 2.75) is 6.61 Å². The molecule has 1 aromatic rings. The van der Waals surface area contributed by atoms with Gasteiger partial charge < -0.3 is 14.5 Å². The minimum absolute atomic E-state index is 0.150. The molecule has 17 heavy (non-hydrogen) atoms. The van der Waals surface area contributed by atoms with Gasteiger partial charge in [-0.05, 0) is 5.56 Å². The van der Waals surface area contributed by atoms with Crippen LogP contribution in [0.5, 0.6) is 0 Å². The van der Waals surface area contributed by atoms with Gasteiger partial charge in [-0.15, -0.1) is 0 Å². The lowest BCUT2D eigenvalue weighted by Gasteiger charge is -2.07. The number of esters is 1. The van der Waals surface area contributed by atoms with Gasteiger partial charge in [0, 0.05) is 0 Å². The first kappa shape index (κ1) is 13.9. The Morgan fingerprint density at radius 2 is 1.94 bits per heavy atom. The number of ether oxygens (including phenoxy) is 1. The molecule has 0 saturated carbocycles. The van der Waals surface area contributed by atoms with Gasteiger partial charge in [0.1, 0.15) is 6.61 Å². The highest BCUT2D eigenvalue weighted by Gasteiger charge is 2.12. The van der Waals surface area contributed by atoms with Crippen LogP contribution >= 0.6 is 7.60 Å². The van der Waals surface area contributed by atoms with E-state index in [9.17, 15) is 9.36 Å². The molecule has 0 heterocycles. The second-order valence-corrected chi connectivity index (χ2v) is 5.04. The van der Waals surface area contributed by atoms with Crippen LogP contribution in [0.3, 0.4) is 0 Å². The van der Waals surface area contributed by atoms with Gasteiger partial charge in [-0.3, -0.25) is 14.7 Å². The number of hydrogen-bond donors (Lipinski definition) is 3. The molecule has 0 atom stereocenters. The number of benzene rings is 1. The maximum atomic E-state index is 11.2. The van der Waals surface area contributed by atoms with Crippen LogP contribution in [0.4, 0.5) is 0 Å². The molecular weight excluding hydrogens is 245 g/mol. The fraction of sp³-hybridized carbons (Fsp3) is 0.300. The van der Waals surface area contributed by atoms with E-state index < -0.39 is 19.9 Å². The molecule has 0 spiro atoms. The highest BCUT2D eigenvalue weighted by Crippen LogP contribution is 2.31. The first-order valence-corrected chi connectivity index (χ1v) is 6.72. The maximum Gasteiger partial charge on any atom is 0.339 e. The third kappa shape index (κ3) is 6.86. The standard InChI is InChI=1S/C10H14NO5P/c12-10(6-11-8-17(13,14)15)16-7-9-4-2-1-3-5-9/h1-5,11H,6-8H2,(H2,13,14,15). The number of carbonyl (C=O) groups excluding carboxylic acids is 1. The van der Waals surface area contributed by atoms with Crippen molar-refractivity contribution in [2.24, 2.45) is 0 Å². The Kier molecular flexibility index (Phi) is 5.31. The van der Waals surface area contributed by atoms with Gasteiger partial charge in [0.25, 0.3) is 0 Å². The number of hydrogen-bond acceptors (Lipinski definition) is 4. The summed E-state index contributed by atoms with van der Waals surface area (Å²) in [4.78, 5) is 28.2. The van der Waals surface area contributed by atoms with E-state index in [0.29, 0.717) is 0 Å². The maximum absolute atomic E-state index is 11.2. The Hall–Kier alpha value is -1.20. The molecule has 0 fully saturated rings. The van der Waals surface area contributed by atoms with Crippen molar-refractivity contribution in [2.75, 3.05) is 12.8 Å². The summed E-state index contributed by atoms with van der Waals surface area (Å²) in [7, 11) is -4.12. The first-order valence-electron chi connectivity index (χ1n) is 4.92. The number of rotatable bonds is 6. The first-order chi connectivity index (χ1) is 7.97. The second kappa shape index (κ2) is 6.51. The monoisotopic (exact) mass is 259 g/mol. The molecule has 0 bridgehead atoms. The van der Waals surface area contributed by atoms with Crippen molar-refractivity contribution in [3.05, 3.63) is 35.9 Å². The highest BCUT2D eigenvalue weighted by atomic mass is 31.2. The molecule has 3 N–H and O–H groups in total. The minimum Gasteiger partial charge on any atom is -0.460 e. The molecule has 0 unspecified atom stereocenters. The molecule has 1 aromatic carbocycles. The van der Waals surface area contributed by atoms with Crippen molar-refractivity contribution in [3.8, 4) is 0 Å². The van der Waals surface area contributed by atoms with Gasteiger partial charge in [0.15, 0.2) is 0 Å². The van der Waals surface area contributed by atoms with Crippen molar-refractivity contribution in [1.29, 1.82) is 0 Å². The van der Waals surface area contributed by atoms with E-state index in [4.69, 9.17) is 14.5 Å². The molecule has 1 rings (SSSR count). The normalized spacial score (nSPS) is 11.2. The largest absolute Gasteiger partial charge is 0.460 e. The van der Waals surface area contributed by atoms with Crippen molar-refractivity contribution < 1.29 is 23.9 Å². The summed E-state index contributed by atoms with van der Waals surface area (Å²) in [5, 5.41) is 2.32. The van der Waals surface area contributed by atoms with Crippen LogP contribution in [0.2, 0.25) is 0 Å². The van der Waals surface area contributed by atoms with Crippen LogP contribution in [-0.2, 0) is 20.7 Å². The molecule has 0 aromatic heterocycles. The molecular formula is C10H14NO5P. The van der Waals surface area contributed by atoms with Crippen LogP contribution in [0, 0.1) is 0 Å². The van der Waals surface area contributed by atoms with Gasteiger partial charge >= 0.3 is 13.6 Å². The number of nitrogens with one attached hydrogen (secondary N) is 1. The van der Waals surface area contributed by atoms with E-state index in [0.717, 1.165) is 5.56 Å². The smallest absolute Gasteiger partial charge is 0.339 e. The zero-order chi connectivity index (χ0) is 12.7. The molecule has 0 saturated heterocycles. The van der Waals surface area contributed by atoms with Crippen LogP contribution in [0.1, 0.15) is 5.56 Å². The predicted octanol–water partition coefficient (Wildman–Crippen LogP) is 0.455. The molecule has 7 heteroatoms. The molecule has 6 nitrogen and oxygen atoms in total. The summed E-state index contributed by atoms with van der Waals surface area (Å²) in [6.07, 6.45) is -0.534. The van der Waals surface area contributed by atoms with Crippen LogP contribution in [0.25, 0.3) is 0 Å². The Balaban J connectivity index is 2.20. The average Bonchev–Trinajstić information content (AvgIpc) is 2.26. The lowest BCUT2D eigenvalue weighted by atomic mass is 10.2. The van der Waals surface area contributed by atoms with E-state index in [2.05, 4.69) is 5.32 Å². The average molecular weight is 259 g/mol. The lowest BCUT2D eigenvalue weighted by Crippen LogP contribution is -2.25. The van der Waals surface area contributed by atoms with E-state index in [1.54, 1.807) is 0 Å². The van der Waals surface area contributed by atoms with E-state index in [-0.39, 0.29) is 13.2 Å². The Morgan fingerprint density at radius 1 is 1.29 bits per heavy atom. The van der Waals surface area contributed by atoms with Gasteiger partial charge in [-0.1, -0.05) is 30.3 Å². The number of carbonyl (C=O) groups is 1. The summed E-state index contributed by atoms with van der Waals surface area (Å²) in [5.74, 6) is -0.553. The fourth-order valence-corrected chi connectivity index (χ4v) is 1.50. The van der Waals surface area contributed by atoms with Gasteiger partial charge in [-0.25, -0.2) is 0 Å². The second-order valence-electron chi connectivity index (χ2n) is 3.40. The summed E-state index contributed by atoms with van der Waals surface area (Å²) >= 11 is 0. The molecule has 0 aliphatic rings. The van der Waals surface area contributed by atoms with Crippen LogP contribution in [-0.4, -0.2) is 28.6 Å². The Bertz CT molecular complexity index is 402. The van der Waals surface area contributed by atoms with Gasteiger partial charge in [0.2, 0.25) is 0 Å². The predicted molar refractivity (Wildman–Crippen MR) is 61.2 cm³/mol. The van der Waals surface area contributed by atoms with Crippen molar-refractivity contribution >= 4 is 13.6 Å². The topological polar surface area (TPSA) is 95.9 Å². The van der Waals surface area contributed by atoms with E-state index in [1.807, 2.05) is 30.3 Å². The fourth-order valence-electron chi connectivity index (χ4n) is 1.09. The van der Waals surface area contributed by atoms with E-state index in [1.165, 1.54) is 0 Å². The summed E-state index contributed by atoms with van der Waals surface area (Å²) in [6, 6.07) is 9.14. The third-order valence-corrected chi connectivity index (χ3v) is 2.47. The lowest BCUT2D eigenvalue weighted by molar-refractivity contribution is -0.143. The summed E-state index contributed by atoms with van der Waals surface area (Å²) < 4.78 is 15.4.